The third-order valence-electron chi connectivity index (χ3n) is 3.51. The fourth-order valence-electron chi connectivity index (χ4n) is 2.55. The van der Waals surface area contributed by atoms with Gasteiger partial charge in [0, 0.05) is 44.4 Å². The van der Waals surface area contributed by atoms with Crippen molar-refractivity contribution in [3.05, 3.63) is 35.1 Å². The summed E-state index contributed by atoms with van der Waals surface area (Å²) in [7, 11) is 0. The van der Waals surface area contributed by atoms with E-state index in [1.807, 2.05) is 19.1 Å². The second kappa shape index (κ2) is 7.80. The monoisotopic (exact) mass is 288 g/mol. The number of benzene rings is 1. The van der Waals surface area contributed by atoms with Crippen molar-refractivity contribution in [1.29, 1.82) is 0 Å². The molecule has 0 amide bonds. The molecule has 1 aliphatic heterocycles. The first kappa shape index (κ1) is 16.4. The lowest BCUT2D eigenvalue weighted by Gasteiger charge is -2.35. The summed E-state index contributed by atoms with van der Waals surface area (Å²) in [6.07, 6.45) is 0.583. The Hall–Kier alpha value is -0.680. The molecule has 0 radical (unpaired) electrons. The van der Waals surface area contributed by atoms with Crippen LogP contribution >= 0.6 is 12.4 Å². The predicted molar refractivity (Wildman–Crippen MR) is 77.3 cm³/mol. The fraction of sp³-hybridized carbons (Fsp3) is 0.571. The lowest BCUT2D eigenvalue weighted by atomic mass is 9.99. The molecular weight excluding hydrogens is 267 g/mol. The first-order valence-electron chi connectivity index (χ1n) is 6.54. The number of piperazine rings is 1. The molecule has 0 aromatic heterocycles. The van der Waals surface area contributed by atoms with Crippen molar-refractivity contribution in [2.45, 2.75) is 19.4 Å². The summed E-state index contributed by atoms with van der Waals surface area (Å²) in [5.74, 6) is -0.160. The van der Waals surface area contributed by atoms with E-state index in [9.17, 15) is 9.50 Å². The number of aliphatic hydroxyl groups is 1. The first-order chi connectivity index (χ1) is 8.72. The van der Waals surface area contributed by atoms with E-state index >= 15 is 0 Å². The van der Waals surface area contributed by atoms with Gasteiger partial charge in [-0.3, -0.25) is 4.90 Å². The highest BCUT2D eigenvalue weighted by Crippen LogP contribution is 2.27. The molecule has 108 valence electrons. The largest absolute Gasteiger partial charge is 0.396 e. The molecule has 0 bridgehead atoms. The summed E-state index contributed by atoms with van der Waals surface area (Å²) in [6.45, 7) is 5.63. The van der Waals surface area contributed by atoms with Crippen LogP contribution in [0.3, 0.4) is 0 Å². The average molecular weight is 289 g/mol. The highest BCUT2D eigenvalue weighted by atomic mass is 35.5. The number of aryl methyl sites for hydroxylation is 1. The Morgan fingerprint density at radius 2 is 2.05 bits per heavy atom. The summed E-state index contributed by atoms with van der Waals surface area (Å²) in [5.41, 5.74) is 1.64. The van der Waals surface area contributed by atoms with Crippen molar-refractivity contribution in [3.8, 4) is 0 Å². The maximum absolute atomic E-state index is 14.1. The molecule has 5 heteroatoms. The van der Waals surface area contributed by atoms with Gasteiger partial charge in [0.05, 0.1) is 0 Å². The molecule has 0 aliphatic carbocycles. The second-order valence-electron chi connectivity index (χ2n) is 4.84. The molecule has 1 aliphatic rings. The van der Waals surface area contributed by atoms with Gasteiger partial charge < -0.3 is 10.4 Å². The molecule has 3 nitrogen and oxygen atoms in total. The minimum absolute atomic E-state index is 0. The van der Waals surface area contributed by atoms with Crippen molar-refractivity contribution < 1.29 is 9.50 Å². The van der Waals surface area contributed by atoms with Crippen LogP contribution in [0.25, 0.3) is 0 Å². The van der Waals surface area contributed by atoms with Crippen molar-refractivity contribution in [2.24, 2.45) is 0 Å². The quantitative estimate of drug-likeness (QED) is 0.888. The van der Waals surface area contributed by atoms with E-state index in [0.29, 0.717) is 12.0 Å². The molecule has 1 heterocycles. The van der Waals surface area contributed by atoms with Gasteiger partial charge in [0.1, 0.15) is 5.82 Å². The molecular formula is C14H22ClFN2O. The number of halogens is 2. The second-order valence-corrected chi connectivity index (χ2v) is 4.84. The first-order valence-corrected chi connectivity index (χ1v) is 6.54. The van der Waals surface area contributed by atoms with Crippen molar-refractivity contribution in [3.63, 3.8) is 0 Å². The number of hydrogen-bond acceptors (Lipinski definition) is 3. The van der Waals surface area contributed by atoms with E-state index in [-0.39, 0.29) is 30.9 Å². The number of rotatable bonds is 4. The molecule has 1 fully saturated rings. The van der Waals surface area contributed by atoms with Gasteiger partial charge in [-0.15, -0.1) is 12.4 Å². The average Bonchev–Trinajstić information content (AvgIpc) is 2.38. The van der Waals surface area contributed by atoms with E-state index in [2.05, 4.69) is 10.2 Å². The standard InChI is InChI=1S/C14H21FN2O.ClH/c1-11-2-3-12(13(15)10-11)14(4-9-18)17-7-5-16-6-8-17;/h2-3,10,14,16,18H,4-9H2,1H3;1H/t14-;/m0./s1. The number of hydrogen-bond donors (Lipinski definition) is 2. The van der Waals surface area contributed by atoms with Crippen LogP contribution < -0.4 is 5.32 Å². The van der Waals surface area contributed by atoms with Crippen LogP contribution in [0.4, 0.5) is 4.39 Å². The molecule has 1 aromatic rings. The predicted octanol–water partition coefficient (Wildman–Crippen LogP) is 1.88. The van der Waals surface area contributed by atoms with E-state index in [0.717, 1.165) is 31.7 Å². The lowest BCUT2D eigenvalue weighted by Crippen LogP contribution is -2.45. The van der Waals surface area contributed by atoms with Gasteiger partial charge >= 0.3 is 0 Å². The van der Waals surface area contributed by atoms with Crippen LogP contribution in [-0.2, 0) is 0 Å². The Morgan fingerprint density at radius 3 is 2.63 bits per heavy atom. The zero-order chi connectivity index (χ0) is 13.0. The number of nitrogens with zero attached hydrogens (tertiary/aromatic N) is 1. The minimum Gasteiger partial charge on any atom is -0.396 e. The number of aliphatic hydroxyl groups excluding tert-OH is 1. The summed E-state index contributed by atoms with van der Waals surface area (Å²) < 4.78 is 14.1. The molecule has 1 saturated heterocycles. The van der Waals surface area contributed by atoms with Gasteiger partial charge in [0.2, 0.25) is 0 Å². The van der Waals surface area contributed by atoms with E-state index in [4.69, 9.17) is 0 Å². The summed E-state index contributed by atoms with van der Waals surface area (Å²) in [4.78, 5) is 2.25. The molecule has 19 heavy (non-hydrogen) atoms. The Labute approximate surface area is 120 Å². The van der Waals surface area contributed by atoms with Crippen LogP contribution in [0.2, 0.25) is 0 Å². The van der Waals surface area contributed by atoms with Gasteiger partial charge in [-0.2, -0.15) is 0 Å². The maximum atomic E-state index is 14.1. The van der Waals surface area contributed by atoms with Crippen molar-refractivity contribution in [1.82, 2.24) is 10.2 Å². The highest BCUT2D eigenvalue weighted by molar-refractivity contribution is 5.85. The highest BCUT2D eigenvalue weighted by Gasteiger charge is 2.23. The van der Waals surface area contributed by atoms with Gasteiger partial charge in [-0.05, 0) is 25.0 Å². The Kier molecular flexibility index (Phi) is 6.72. The Balaban J connectivity index is 0.00000180. The van der Waals surface area contributed by atoms with Gasteiger partial charge in [0.15, 0.2) is 0 Å². The fourth-order valence-corrected chi connectivity index (χ4v) is 2.55. The molecule has 2 N–H and O–H groups in total. The third kappa shape index (κ3) is 4.14. The van der Waals surface area contributed by atoms with Crippen molar-refractivity contribution in [2.75, 3.05) is 32.8 Å². The molecule has 1 atom stereocenters. The SMILES string of the molecule is Cc1ccc([C@H](CCO)N2CCNCC2)c(F)c1.Cl. The van der Waals surface area contributed by atoms with Crippen LogP contribution in [0.1, 0.15) is 23.6 Å². The van der Waals surface area contributed by atoms with Crippen LogP contribution in [-0.4, -0.2) is 42.8 Å². The van der Waals surface area contributed by atoms with E-state index in [1.54, 1.807) is 6.07 Å². The summed E-state index contributed by atoms with van der Waals surface area (Å²) >= 11 is 0. The van der Waals surface area contributed by atoms with Crippen LogP contribution in [0.5, 0.6) is 0 Å². The zero-order valence-electron chi connectivity index (χ0n) is 11.2. The van der Waals surface area contributed by atoms with Crippen LogP contribution in [0, 0.1) is 12.7 Å². The molecule has 0 unspecified atom stereocenters. The lowest BCUT2D eigenvalue weighted by molar-refractivity contribution is 0.138. The van der Waals surface area contributed by atoms with Crippen molar-refractivity contribution >= 4 is 12.4 Å². The molecule has 2 rings (SSSR count). The number of nitrogens with one attached hydrogen (secondary N) is 1. The maximum Gasteiger partial charge on any atom is 0.128 e. The van der Waals surface area contributed by atoms with E-state index < -0.39 is 0 Å². The van der Waals surface area contributed by atoms with Gasteiger partial charge in [0.25, 0.3) is 0 Å². The summed E-state index contributed by atoms with van der Waals surface area (Å²) in [5, 5.41) is 12.5. The Morgan fingerprint density at radius 1 is 1.37 bits per heavy atom. The molecule has 1 aromatic carbocycles. The van der Waals surface area contributed by atoms with Gasteiger partial charge in [-0.1, -0.05) is 12.1 Å². The smallest absolute Gasteiger partial charge is 0.128 e. The topological polar surface area (TPSA) is 35.5 Å². The minimum atomic E-state index is -0.160. The molecule has 0 spiro atoms. The molecule has 0 saturated carbocycles. The third-order valence-corrected chi connectivity index (χ3v) is 3.51. The van der Waals surface area contributed by atoms with E-state index in [1.165, 1.54) is 0 Å². The van der Waals surface area contributed by atoms with Gasteiger partial charge in [-0.25, -0.2) is 4.39 Å². The summed E-state index contributed by atoms with van der Waals surface area (Å²) in [6, 6.07) is 5.35. The van der Waals surface area contributed by atoms with Crippen LogP contribution in [0.15, 0.2) is 18.2 Å². The normalized spacial score (nSPS) is 17.8. The zero-order valence-corrected chi connectivity index (χ0v) is 12.0. The Bertz CT molecular complexity index is 397.